The van der Waals surface area contributed by atoms with E-state index < -0.39 is 5.60 Å². The van der Waals surface area contributed by atoms with Gasteiger partial charge in [-0.3, -0.25) is 0 Å². The van der Waals surface area contributed by atoms with Gasteiger partial charge in [0.05, 0.1) is 6.61 Å². The molecule has 0 spiro atoms. The zero-order valence-electron chi connectivity index (χ0n) is 8.78. The highest BCUT2D eigenvalue weighted by molar-refractivity contribution is 5.14. The minimum Gasteiger partial charge on any atom is -0.386 e. The van der Waals surface area contributed by atoms with E-state index in [1.165, 1.54) is 5.56 Å². The Labute approximate surface area is 90.1 Å². The molecule has 1 fully saturated rings. The standard InChI is InChI=1S/C12H17NO2/c14-12(6-7-15-10-12)9-13-8-11-4-2-1-3-5-11/h1-5,13-14H,6-10H2. The van der Waals surface area contributed by atoms with Gasteiger partial charge in [-0.25, -0.2) is 0 Å². The third-order valence-electron chi connectivity index (χ3n) is 2.71. The van der Waals surface area contributed by atoms with Gasteiger partial charge >= 0.3 is 0 Å². The van der Waals surface area contributed by atoms with Crippen molar-refractivity contribution < 1.29 is 9.84 Å². The number of hydrogen-bond acceptors (Lipinski definition) is 3. The smallest absolute Gasteiger partial charge is 0.102 e. The molecule has 1 aromatic carbocycles. The van der Waals surface area contributed by atoms with Gasteiger partial charge in [-0.2, -0.15) is 0 Å². The Balaban J connectivity index is 1.75. The van der Waals surface area contributed by atoms with Crippen molar-refractivity contribution in [2.75, 3.05) is 19.8 Å². The van der Waals surface area contributed by atoms with Crippen molar-refractivity contribution in [1.29, 1.82) is 0 Å². The first-order chi connectivity index (χ1) is 7.29. The van der Waals surface area contributed by atoms with Crippen LogP contribution in [0.5, 0.6) is 0 Å². The van der Waals surface area contributed by atoms with Crippen molar-refractivity contribution in [3.05, 3.63) is 35.9 Å². The summed E-state index contributed by atoms with van der Waals surface area (Å²) >= 11 is 0. The lowest BCUT2D eigenvalue weighted by Gasteiger charge is -2.20. The maximum Gasteiger partial charge on any atom is 0.102 e. The molecule has 2 rings (SSSR count). The number of rotatable bonds is 4. The van der Waals surface area contributed by atoms with Crippen LogP contribution < -0.4 is 5.32 Å². The van der Waals surface area contributed by atoms with Crippen molar-refractivity contribution in [3.63, 3.8) is 0 Å². The Kier molecular flexibility index (Phi) is 3.36. The molecule has 1 aliphatic heterocycles. The predicted molar refractivity (Wildman–Crippen MR) is 58.5 cm³/mol. The topological polar surface area (TPSA) is 41.5 Å². The Hall–Kier alpha value is -0.900. The van der Waals surface area contributed by atoms with Gasteiger partial charge in [0.2, 0.25) is 0 Å². The Morgan fingerprint density at radius 3 is 2.80 bits per heavy atom. The molecule has 3 heteroatoms. The molecule has 0 bridgehead atoms. The molecule has 2 N–H and O–H groups in total. The van der Waals surface area contributed by atoms with E-state index in [0.29, 0.717) is 19.8 Å². The highest BCUT2D eigenvalue weighted by Gasteiger charge is 2.31. The molecule has 0 saturated carbocycles. The average molecular weight is 207 g/mol. The summed E-state index contributed by atoms with van der Waals surface area (Å²) in [5.41, 5.74) is 0.578. The summed E-state index contributed by atoms with van der Waals surface area (Å²) in [5, 5.41) is 13.2. The van der Waals surface area contributed by atoms with Crippen LogP contribution in [0.2, 0.25) is 0 Å². The fraction of sp³-hybridized carbons (Fsp3) is 0.500. The van der Waals surface area contributed by atoms with Crippen LogP contribution in [0.1, 0.15) is 12.0 Å². The Morgan fingerprint density at radius 2 is 2.13 bits per heavy atom. The van der Waals surface area contributed by atoms with Crippen LogP contribution in [0.4, 0.5) is 0 Å². The molecule has 82 valence electrons. The molecule has 15 heavy (non-hydrogen) atoms. The van der Waals surface area contributed by atoms with Gasteiger partial charge in [0.1, 0.15) is 5.60 Å². The minimum atomic E-state index is -0.658. The molecule has 1 atom stereocenters. The molecule has 1 heterocycles. The van der Waals surface area contributed by atoms with Crippen molar-refractivity contribution in [3.8, 4) is 0 Å². The van der Waals surface area contributed by atoms with E-state index in [2.05, 4.69) is 17.4 Å². The van der Waals surface area contributed by atoms with E-state index in [4.69, 9.17) is 4.74 Å². The van der Waals surface area contributed by atoms with Crippen molar-refractivity contribution in [2.24, 2.45) is 0 Å². The fourth-order valence-corrected chi connectivity index (χ4v) is 1.77. The van der Waals surface area contributed by atoms with E-state index in [9.17, 15) is 5.11 Å². The van der Waals surface area contributed by atoms with Crippen LogP contribution in [0.25, 0.3) is 0 Å². The van der Waals surface area contributed by atoms with Crippen LogP contribution in [-0.4, -0.2) is 30.5 Å². The fourth-order valence-electron chi connectivity index (χ4n) is 1.77. The lowest BCUT2D eigenvalue weighted by Crippen LogP contribution is -2.40. The SMILES string of the molecule is OC1(CNCc2ccccc2)CCOC1. The quantitative estimate of drug-likeness (QED) is 0.771. The number of aliphatic hydroxyl groups is 1. The number of ether oxygens (including phenoxy) is 1. The summed E-state index contributed by atoms with van der Waals surface area (Å²) in [6, 6.07) is 10.2. The number of benzene rings is 1. The molecule has 0 radical (unpaired) electrons. The third-order valence-corrected chi connectivity index (χ3v) is 2.71. The highest BCUT2D eigenvalue weighted by Crippen LogP contribution is 2.16. The minimum absolute atomic E-state index is 0.453. The second kappa shape index (κ2) is 4.75. The second-order valence-electron chi connectivity index (χ2n) is 4.12. The molecule has 3 nitrogen and oxygen atoms in total. The van der Waals surface area contributed by atoms with Crippen LogP contribution >= 0.6 is 0 Å². The molecule has 0 amide bonds. The van der Waals surface area contributed by atoms with Gasteiger partial charge in [0.15, 0.2) is 0 Å². The molecule has 1 saturated heterocycles. The summed E-state index contributed by atoms with van der Waals surface area (Å²) in [7, 11) is 0. The van der Waals surface area contributed by atoms with E-state index in [1.807, 2.05) is 18.2 Å². The third kappa shape index (κ3) is 3.02. The number of hydrogen-bond donors (Lipinski definition) is 2. The summed E-state index contributed by atoms with van der Waals surface area (Å²) < 4.78 is 5.17. The lowest BCUT2D eigenvalue weighted by molar-refractivity contribution is 0.0268. The summed E-state index contributed by atoms with van der Waals surface area (Å²) in [5.74, 6) is 0. The Morgan fingerprint density at radius 1 is 1.33 bits per heavy atom. The van der Waals surface area contributed by atoms with Crippen LogP contribution in [0.15, 0.2) is 30.3 Å². The van der Waals surface area contributed by atoms with E-state index in [1.54, 1.807) is 0 Å². The molecule has 1 unspecified atom stereocenters. The normalized spacial score (nSPS) is 25.7. The van der Waals surface area contributed by atoms with E-state index in [0.717, 1.165) is 13.0 Å². The predicted octanol–water partition coefficient (Wildman–Crippen LogP) is 0.928. The monoisotopic (exact) mass is 207 g/mol. The molecular weight excluding hydrogens is 190 g/mol. The highest BCUT2D eigenvalue weighted by atomic mass is 16.5. The zero-order valence-corrected chi connectivity index (χ0v) is 8.78. The maximum absolute atomic E-state index is 9.98. The first kappa shape index (κ1) is 10.6. The first-order valence-electron chi connectivity index (χ1n) is 5.33. The summed E-state index contributed by atoms with van der Waals surface area (Å²) in [6.07, 6.45) is 0.731. The molecular formula is C12H17NO2. The molecule has 0 aromatic heterocycles. The van der Waals surface area contributed by atoms with Gasteiger partial charge in [0, 0.05) is 26.1 Å². The van der Waals surface area contributed by atoms with Gasteiger partial charge in [-0.1, -0.05) is 30.3 Å². The van der Waals surface area contributed by atoms with Crippen molar-refractivity contribution in [1.82, 2.24) is 5.32 Å². The first-order valence-corrected chi connectivity index (χ1v) is 5.33. The van der Waals surface area contributed by atoms with Gasteiger partial charge in [-0.05, 0) is 5.56 Å². The van der Waals surface area contributed by atoms with Gasteiger partial charge in [0.25, 0.3) is 0 Å². The van der Waals surface area contributed by atoms with E-state index in [-0.39, 0.29) is 0 Å². The summed E-state index contributed by atoms with van der Waals surface area (Å²) in [6.45, 7) is 2.52. The second-order valence-corrected chi connectivity index (χ2v) is 4.12. The lowest BCUT2D eigenvalue weighted by atomic mass is 10.0. The van der Waals surface area contributed by atoms with Gasteiger partial charge < -0.3 is 15.2 Å². The van der Waals surface area contributed by atoms with Crippen LogP contribution in [-0.2, 0) is 11.3 Å². The summed E-state index contributed by atoms with van der Waals surface area (Å²) in [4.78, 5) is 0. The van der Waals surface area contributed by atoms with E-state index >= 15 is 0 Å². The maximum atomic E-state index is 9.98. The van der Waals surface area contributed by atoms with Gasteiger partial charge in [-0.15, -0.1) is 0 Å². The van der Waals surface area contributed by atoms with Crippen molar-refractivity contribution in [2.45, 2.75) is 18.6 Å². The molecule has 1 aromatic rings. The van der Waals surface area contributed by atoms with Crippen LogP contribution in [0, 0.1) is 0 Å². The largest absolute Gasteiger partial charge is 0.386 e. The molecule has 0 aliphatic carbocycles. The zero-order chi connectivity index (χ0) is 10.6. The van der Waals surface area contributed by atoms with Crippen molar-refractivity contribution >= 4 is 0 Å². The molecule has 1 aliphatic rings. The van der Waals surface area contributed by atoms with Crippen LogP contribution in [0.3, 0.4) is 0 Å². The average Bonchev–Trinajstić information content (AvgIpc) is 2.67. The Bertz CT molecular complexity index is 294. The number of nitrogens with one attached hydrogen (secondary N) is 1.